The first-order valence-electron chi connectivity index (χ1n) is 9.27. The second-order valence-electron chi connectivity index (χ2n) is 6.49. The molecule has 0 spiro atoms. The SMILES string of the molecule is CCc1ccccc1NC(=O)CN(C)C(=O)/C=C/c1ccc2c(c1)OCCO2. The number of nitrogens with one attached hydrogen (secondary N) is 1. The van der Waals surface area contributed by atoms with Gasteiger partial charge in [0.25, 0.3) is 0 Å². The van der Waals surface area contributed by atoms with Crippen LogP contribution < -0.4 is 14.8 Å². The Kier molecular flexibility index (Phi) is 6.32. The second kappa shape index (κ2) is 9.08. The number of hydrogen-bond acceptors (Lipinski definition) is 4. The maximum Gasteiger partial charge on any atom is 0.246 e. The van der Waals surface area contributed by atoms with Gasteiger partial charge in [-0.15, -0.1) is 0 Å². The van der Waals surface area contributed by atoms with Crippen LogP contribution in [0, 0.1) is 0 Å². The van der Waals surface area contributed by atoms with Crippen molar-refractivity contribution >= 4 is 23.6 Å². The minimum atomic E-state index is -0.256. The summed E-state index contributed by atoms with van der Waals surface area (Å²) in [5, 5.41) is 2.87. The van der Waals surface area contributed by atoms with Crippen molar-refractivity contribution in [3.63, 3.8) is 0 Å². The highest BCUT2D eigenvalue weighted by molar-refractivity contribution is 5.98. The van der Waals surface area contributed by atoms with Gasteiger partial charge in [-0.1, -0.05) is 31.2 Å². The highest BCUT2D eigenvalue weighted by atomic mass is 16.6. The summed E-state index contributed by atoms with van der Waals surface area (Å²) < 4.78 is 11.0. The number of benzene rings is 2. The van der Waals surface area contributed by atoms with Crippen LogP contribution in [0.2, 0.25) is 0 Å². The molecule has 3 rings (SSSR count). The fourth-order valence-corrected chi connectivity index (χ4v) is 2.89. The van der Waals surface area contributed by atoms with Gasteiger partial charge >= 0.3 is 0 Å². The quantitative estimate of drug-likeness (QED) is 0.782. The number of carbonyl (C=O) groups is 2. The van der Waals surface area contributed by atoms with E-state index in [0.29, 0.717) is 24.7 Å². The molecule has 0 aromatic heterocycles. The van der Waals surface area contributed by atoms with Crippen molar-refractivity contribution in [1.82, 2.24) is 4.90 Å². The highest BCUT2D eigenvalue weighted by Gasteiger charge is 2.13. The van der Waals surface area contributed by atoms with E-state index >= 15 is 0 Å². The third-order valence-electron chi connectivity index (χ3n) is 4.41. The van der Waals surface area contributed by atoms with Crippen molar-refractivity contribution in [2.24, 2.45) is 0 Å². The summed E-state index contributed by atoms with van der Waals surface area (Å²) in [5.74, 6) is 0.886. The minimum absolute atomic E-state index is 0.0254. The standard InChI is InChI=1S/C22H24N2O4/c1-3-17-6-4-5-7-18(17)23-21(25)15-24(2)22(26)11-9-16-8-10-19-20(14-16)28-13-12-27-19/h4-11,14H,3,12-13,15H2,1-2H3,(H,23,25)/b11-9+. The summed E-state index contributed by atoms with van der Waals surface area (Å²) >= 11 is 0. The molecule has 6 heteroatoms. The van der Waals surface area contributed by atoms with Crippen LogP contribution in [-0.4, -0.2) is 43.5 Å². The molecule has 28 heavy (non-hydrogen) atoms. The number of para-hydroxylation sites is 1. The third kappa shape index (κ3) is 4.91. The molecule has 0 saturated carbocycles. The zero-order chi connectivity index (χ0) is 19.9. The zero-order valence-corrected chi connectivity index (χ0v) is 16.1. The molecule has 0 radical (unpaired) electrons. The molecule has 1 heterocycles. The molecule has 2 amide bonds. The van der Waals surface area contributed by atoms with Gasteiger partial charge in [0.05, 0.1) is 6.54 Å². The van der Waals surface area contributed by atoms with Crippen LogP contribution in [0.15, 0.2) is 48.5 Å². The van der Waals surface area contributed by atoms with E-state index in [1.165, 1.54) is 11.0 Å². The molecule has 0 aliphatic carbocycles. The molecule has 6 nitrogen and oxygen atoms in total. The zero-order valence-electron chi connectivity index (χ0n) is 16.1. The number of amides is 2. The van der Waals surface area contributed by atoms with Crippen molar-refractivity contribution < 1.29 is 19.1 Å². The van der Waals surface area contributed by atoms with Crippen molar-refractivity contribution in [2.45, 2.75) is 13.3 Å². The van der Waals surface area contributed by atoms with E-state index < -0.39 is 0 Å². The van der Waals surface area contributed by atoms with Crippen LogP contribution in [-0.2, 0) is 16.0 Å². The molecule has 2 aromatic carbocycles. The van der Waals surface area contributed by atoms with Crippen LogP contribution >= 0.6 is 0 Å². The van der Waals surface area contributed by atoms with E-state index in [4.69, 9.17) is 9.47 Å². The largest absolute Gasteiger partial charge is 0.486 e. The van der Waals surface area contributed by atoms with Gasteiger partial charge in [-0.2, -0.15) is 0 Å². The van der Waals surface area contributed by atoms with E-state index in [0.717, 1.165) is 23.2 Å². The van der Waals surface area contributed by atoms with Crippen LogP contribution in [0.3, 0.4) is 0 Å². The molecule has 0 atom stereocenters. The lowest BCUT2D eigenvalue weighted by Gasteiger charge is -2.18. The first-order chi connectivity index (χ1) is 13.6. The van der Waals surface area contributed by atoms with E-state index in [1.807, 2.05) is 49.4 Å². The average molecular weight is 380 g/mol. The molecule has 1 aliphatic rings. The summed E-state index contributed by atoms with van der Waals surface area (Å²) in [6.07, 6.45) is 3.96. The molecule has 0 saturated heterocycles. The number of anilines is 1. The van der Waals surface area contributed by atoms with Gasteiger partial charge in [0, 0.05) is 18.8 Å². The Morgan fingerprint density at radius 1 is 1.11 bits per heavy atom. The molecule has 1 aliphatic heterocycles. The predicted octanol–water partition coefficient (Wildman–Crippen LogP) is 3.13. The summed E-state index contributed by atoms with van der Waals surface area (Å²) in [4.78, 5) is 26.0. The number of aryl methyl sites for hydroxylation is 1. The Hall–Kier alpha value is -3.28. The third-order valence-corrected chi connectivity index (χ3v) is 4.41. The molecule has 2 aromatic rings. The topological polar surface area (TPSA) is 67.9 Å². The lowest BCUT2D eigenvalue weighted by molar-refractivity contribution is -0.129. The fourth-order valence-electron chi connectivity index (χ4n) is 2.89. The van der Waals surface area contributed by atoms with Crippen LogP contribution in [0.4, 0.5) is 5.69 Å². The van der Waals surface area contributed by atoms with Crippen LogP contribution in [0.25, 0.3) is 6.08 Å². The Bertz CT molecular complexity index is 892. The average Bonchev–Trinajstić information content (AvgIpc) is 2.72. The maximum absolute atomic E-state index is 12.3. The van der Waals surface area contributed by atoms with Gasteiger partial charge in [-0.3, -0.25) is 9.59 Å². The molecule has 0 unspecified atom stereocenters. The molecule has 0 bridgehead atoms. The highest BCUT2D eigenvalue weighted by Crippen LogP contribution is 2.31. The van der Waals surface area contributed by atoms with E-state index in [1.54, 1.807) is 13.1 Å². The van der Waals surface area contributed by atoms with Crippen molar-refractivity contribution in [1.29, 1.82) is 0 Å². The Morgan fingerprint density at radius 3 is 2.64 bits per heavy atom. The minimum Gasteiger partial charge on any atom is -0.486 e. The Morgan fingerprint density at radius 2 is 1.86 bits per heavy atom. The van der Waals surface area contributed by atoms with Gasteiger partial charge in [0.1, 0.15) is 13.2 Å². The first-order valence-corrected chi connectivity index (χ1v) is 9.27. The summed E-state index contributed by atoms with van der Waals surface area (Å²) in [6, 6.07) is 13.1. The van der Waals surface area contributed by atoms with Crippen molar-refractivity contribution in [3.8, 4) is 11.5 Å². The molecular weight excluding hydrogens is 356 g/mol. The number of ether oxygens (including phenoxy) is 2. The number of nitrogens with zero attached hydrogens (tertiary/aromatic N) is 1. The lowest BCUT2D eigenvalue weighted by atomic mass is 10.1. The first kappa shape index (κ1) is 19.5. The van der Waals surface area contributed by atoms with E-state index in [-0.39, 0.29) is 18.4 Å². The second-order valence-corrected chi connectivity index (χ2v) is 6.49. The number of carbonyl (C=O) groups excluding carboxylic acids is 2. The van der Waals surface area contributed by atoms with Crippen LogP contribution in [0.5, 0.6) is 11.5 Å². The molecule has 146 valence electrons. The van der Waals surface area contributed by atoms with Gasteiger partial charge in [-0.05, 0) is 41.8 Å². The maximum atomic E-state index is 12.3. The number of fused-ring (bicyclic) bond motifs is 1. The van der Waals surface area contributed by atoms with Crippen molar-refractivity contribution in [2.75, 3.05) is 32.1 Å². The Balaban J connectivity index is 1.56. The Labute approximate surface area is 164 Å². The van der Waals surface area contributed by atoms with Gasteiger partial charge in [-0.25, -0.2) is 0 Å². The number of likely N-dealkylation sites (N-methyl/N-ethyl adjacent to an activating group) is 1. The summed E-state index contributed by atoms with van der Waals surface area (Å²) in [7, 11) is 1.60. The smallest absolute Gasteiger partial charge is 0.246 e. The fraction of sp³-hybridized carbons (Fsp3) is 0.273. The van der Waals surface area contributed by atoms with E-state index in [9.17, 15) is 9.59 Å². The van der Waals surface area contributed by atoms with Crippen molar-refractivity contribution in [3.05, 3.63) is 59.7 Å². The number of rotatable bonds is 6. The van der Waals surface area contributed by atoms with Gasteiger partial charge in [0.2, 0.25) is 11.8 Å². The summed E-state index contributed by atoms with van der Waals surface area (Å²) in [6.45, 7) is 3.06. The summed E-state index contributed by atoms with van der Waals surface area (Å²) in [5.41, 5.74) is 2.67. The molecule has 1 N–H and O–H groups in total. The lowest BCUT2D eigenvalue weighted by Crippen LogP contribution is -2.34. The molecule has 0 fully saturated rings. The predicted molar refractivity (Wildman–Crippen MR) is 109 cm³/mol. The molecular formula is C22H24N2O4. The number of hydrogen-bond donors (Lipinski definition) is 1. The van der Waals surface area contributed by atoms with Crippen LogP contribution in [0.1, 0.15) is 18.1 Å². The monoisotopic (exact) mass is 380 g/mol. The van der Waals surface area contributed by atoms with Gasteiger partial charge in [0.15, 0.2) is 11.5 Å². The van der Waals surface area contributed by atoms with E-state index in [2.05, 4.69) is 5.32 Å². The normalized spacial score (nSPS) is 12.6. The van der Waals surface area contributed by atoms with Gasteiger partial charge < -0.3 is 19.7 Å².